The van der Waals surface area contributed by atoms with Crippen LogP contribution in [0.2, 0.25) is 0 Å². The summed E-state index contributed by atoms with van der Waals surface area (Å²) >= 11 is 0. The summed E-state index contributed by atoms with van der Waals surface area (Å²) in [6, 6.07) is 28.0. The quantitative estimate of drug-likeness (QED) is 0.534. The first-order valence-corrected chi connectivity index (χ1v) is 10.2. The van der Waals surface area contributed by atoms with Crippen molar-refractivity contribution in [3.8, 4) is 11.1 Å². The molecule has 0 unspecified atom stereocenters. The summed E-state index contributed by atoms with van der Waals surface area (Å²) in [5.74, 6) is -0.683. The van der Waals surface area contributed by atoms with Gasteiger partial charge in [-0.1, -0.05) is 84.9 Å². The van der Waals surface area contributed by atoms with E-state index in [1.165, 1.54) is 5.56 Å². The highest BCUT2D eigenvalue weighted by atomic mass is 16.5. The standard InChI is InChI=1S/C26H27NO3/c1-20(12-13-21-8-4-2-5-9-21)27-25(28)19-30-26(29)18-22-14-16-24(17-15-22)23-10-6-3-7-11-23/h2-11,14-17,20H,12-13,18-19H2,1H3,(H,27,28)/t20-/m1/s1. The van der Waals surface area contributed by atoms with E-state index in [4.69, 9.17) is 4.74 Å². The fourth-order valence-electron chi connectivity index (χ4n) is 3.23. The van der Waals surface area contributed by atoms with E-state index in [2.05, 4.69) is 17.4 Å². The molecule has 3 rings (SSSR count). The van der Waals surface area contributed by atoms with Gasteiger partial charge in [-0.3, -0.25) is 9.59 Å². The van der Waals surface area contributed by atoms with Gasteiger partial charge in [0.05, 0.1) is 6.42 Å². The molecule has 0 aliphatic carbocycles. The molecule has 3 aromatic carbocycles. The molecule has 1 amide bonds. The second-order valence-corrected chi connectivity index (χ2v) is 7.39. The molecular weight excluding hydrogens is 374 g/mol. The first-order valence-electron chi connectivity index (χ1n) is 10.2. The van der Waals surface area contributed by atoms with Crippen LogP contribution in [0.1, 0.15) is 24.5 Å². The Kier molecular flexibility index (Phi) is 7.78. The van der Waals surface area contributed by atoms with Gasteiger partial charge in [0.1, 0.15) is 0 Å². The van der Waals surface area contributed by atoms with E-state index in [9.17, 15) is 9.59 Å². The van der Waals surface area contributed by atoms with Crippen molar-refractivity contribution in [3.05, 3.63) is 96.1 Å². The zero-order chi connectivity index (χ0) is 21.2. The van der Waals surface area contributed by atoms with Crippen molar-refractivity contribution < 1.29 is 14.3 Å². The summed E-state index contributed by atoms with van der Waals surface area (Å²) < 4.78 is 5.14. The van der Waals surface area contributed by atoms with Gasteiger partial charge in [-0.25, -0.2) is 0 Å². The Morgan fingerprint density at radius 1 is 0.800 bits per heavy atom. The lowest BCUT2D eigenvalue weighted by Crippen LogP contribution is -2.36. The molecule has 0 spiro atoms. The molecule has 4 nitrogen and oxygen atoms in total. The zero-order valence-corrected chi connectivity index (χ0v) is 17.2. The minimum atomic E-state index is -0.408. The van der Waals surface area contributed by atoms with Gasteiger partial charge in [0.2, 0.25) is 0 Å². The number of nitrogens with one attached hydrogen (secondary N) is 1. The zero-order valence-electron chi connectivity index (χ0n) is 17.2. The first kappa shape index (κ1) is 21.3. The van der Waals surface area contributed by atoms with Crippen molar-refractivity contribution in [2.45, 2.75) is 32.2 Å². The van der Waals surface area contributed by atoms with Crippen molar-refractivity contribution in [1.82, 2.24) is 5.32 Å². The molecule has 0 aliphatic heterocycles. The second-order valence-electron chi connectivity index (χ2n) is 7.39. The Morgan fingerprint density at radius 2 is 1.40 bits per heavy atom. The van der Waals surface area contributed by atoms with Crippen LogP contribution in [0, 0.1) is 0 Å². The molecule has 1 N–H and O–H groups in total. The molecule has 0 fully saturated rings. The third-order valence-electron chi connectivity index (χ3n) is 4.89. The number of esters is 1. The number of rotatable bonds is 9. The summed E-state index contributed by atoms with van der Waals surface area (Å²) in [6.07, 6.45) is 1.87. The lowest BCUT2D eigenvalue weighted by atomic mass is 10.0. The molecule has 0 bridgehead atoms. The average molecular weight is 402 g/mol. The van der Waals surface area contributed by atoms with Gasteiger partial charge in [0.15, 0.2) is 6.61 Å². The SMILES string of the molecule is C[C@H](CCc1ccccc1)NC(=O)COC(=O)Cc1ccc(-c2ccccc2)cc1. The van der Waals surface area contributed by atoms with E-state index >= 15 is 0 Å². The molecule has 0 radical (unpaired) electrons. The molecule has 4 heteroatoms. The van der Waals surface area contributed by atoms with E-state index in [-0.39, 0.29) is 25.0 Å². The molecule has 0 saturated carbocycles. The molecule has 0 saturated heterocycles. The second kappa shape index (κ2) is 11.0. The number of hydrogen-bond acceptors (Lipinski definition) is 3. The number of carbonyl (C=O) groups is 2. The van der Waals surface area contributed by atoms with Crippen molar-refractivity contribution in [1.29, 1.82) is 0 Å². The van der Waals surface area contributed by atoms with Crippen LogP contribution < -0.4 is 5.32 Å². The molecule has 1 atom stereocenters. The minimum Gasteiger partial charge on any atom is -0.455 e. The number of hydrogen-bond donors (Lipinski definition) is 1. The molecule has 0 heterocycles. The summed E-state index contributed by atoms with van der Waals surface area (Å²) in [5, 5.41) is 2.88. The van der Waals surface area contributed by atoms with Gasteiger partial charge in [0, 0.05) is 6.04 Å². The Labute approximate surface area is 177 Å². The van der Waals surface area contributed by atoms with Crippen LogP contribution in [0.4, 0.5) is 0 Å². The predicted octanol–water partition coefficient (Wildman–Crippen LogP) is 4.58. The molecule has 154 valence electrons. The van der Waals surface area contributed by atoms with Crippen molar-refractivity contribution in [3.63, 3.8) is 0 Å². The van der Waals surface area contributed by atoms with Crippen LogP contribution in [0.25, 0.3) is 11.1 Å². The Bertz CT molecular complexity index is 937. The lowest BCUT2D eigenvalue weighted by molar-refractivity contribution is -0.148. The topological polar surface area (TPSA) is 55.4 Å². The molecular formula is C26H27NO3. The molecule has 0 aromatic heterocycles. The average Bonchev–Trinajstić information content (AvgIpc) is 2.78. The van der Waals surface area contributed by atoms with E-state index in [1.54, 1.807) is 0 Å². The van der Waals surface area contributed by atoms with E-state index in [0.29, 0.717) is 0 Å². The number of aryl methyl sites for hydroxylation is 1. The van der Waals surface area contributed by atoms with Gasteiger partial charge in [-0.05, 0) is 42.0 Å². The Morgan fingerprint density at radius 3 is 2.07 bits per heavy atom. The Balaban J connectivity index is 1.38. The third-order valence-corrected chi connectivity index (χ3v) is 4.89. The van der Waals surface area contributed by atoms with Crippen LogP contribution >= 0.6 is 0 Å². The largest absolute Gasteiger partial charge is 0.455 e. The first-order chi connectivity index (χ1) is 14.6. The van der Waals surface area contributed by atoms with Crippen LogP contribution in [-0.2, 0) is 27.2 Å². The maximum atomic E-state index is 12.1. The Hall–Kier alpha value is -3.40. The highest BCUT2D eigenvalue weighted by Crippen LogP contribution is 2.19. The highest BCUT2D eigenvalue weighted by Gasteiger charge is 2.11. The van der Waals surface area contributed by atoms with Gasteiger partial charge < -0.3 is 10.1 Å². The number of carbonyl (C=O) groups excluding carboxylic acids is 2. The summed E-state index contributed by atoms with van der Waals surface area (Å²) in [6.45, 7) is 1.70. The van der Waals surface area contributed by atoms with Gasteiger partial charge in [0.25, 0.3) is 5.91 Å². The fraction of sp³-hybridized carbons (Fsp3) is 0.231. The summed E-state index contributed by atoms with van der Waals surface area (Å²) in [4.78, 5) is 24.1. The van der Waals surface area contributed by atoms with Crippen molar-refractivity contribution >= 4 is 11.9 Å². The van der Waals surface area contributed by atoms with Crippen LogP contribution in [0.5, 0.6) is 0 Å². The van der Waals surface area contributed by atoms with E-state index < -0.39 is 5.97 Å². The maximum absolute atomic E-state index is 12.1. The van der Waals surface area contributed by atoms with E-state index in [0.717, 1.165) is 29.5 Å². The number of amides is 1. The molecule has 30 heavy (non-hydrogen) atoms. The minimum absolute atomic E-state index is 0.0157. The fourth-order valence-corrected chi connectivity index (χ4v) is 3.23. The molecule has 3 aromatic rings. The molecule has 0 aliphatic rings. The van der Waals surface area contributed by atoms with Crippen LogP contribution in [0.3, 0.4) is 0 Å². The normalized spacial score (nSPS) is 11.5. The van der Waals surface area contributed by atoms with Gasteiger partial charge in [-0.15, -0.1) is 0 Å². The third kappa shape index (κ3) is 6.89. The summed E-state index contributed by atoms with van der Waals surface area (Å²) in [5.41, 5.74) is 4.32. The van der Waals surface area contributed by atoms with Crippen LogP contribution in [0.15, 0.2) is 84.9 Å². The maximum Gasteiger partial charge on any atom is 0.310 e. The lowest BCUT2D eigenvalue weighted by Gasteiger charge is -2.14. The van der Waals surface area contributed by atoms with Gasteiger partial charge >= 0.3 is 5.97 Å². The smallest absolute Gasteiger partial charge is 0.310 e. The predicted molar refractivity (Wildman–Crippen MR) is 119 cm³/mol. The highest BCUT2D eigenvalue weighted by molar-refractivity contribution is 5.81. The monoisotopic (exact) mass is 401 g/mol. The summed E-state index contributed by atoms with van der Waals surface area (Å²) in [7, 11) is 0. The number of benzene rings is 3. The van der Waals surface area contributed by atoms with E-state index in [1.807, 2.05) is 79.7 Å². The number of ether oxygens (including phenoxy) is 1. The van der Waals surface area contributed by atoms with Crippen molar-refractivity contribution in [2.75, 3.05) is 6.61 Å². The van der Waals surface area contributed by atoms with Crippen molar-refractivity contribution in [2.24, 2.45) is 0 Å². The van der Waals surface area contributed by atoms with Crippen LogP contribution in [-0.4, -0.2) is 24.5 Å². The van der Waals surface area contributed by atoms with Gasteiger partial charge in [-0.2, -0.15) is 0 Å².